The minimum atomic E-state index is 0.206. The van der Waals surface area contributed by atoms with Crippen molar-refractivity contribution in [3.05, 3.63) is 0 Å². The molecular weight excluding hydrogens is 202 g/mol. The summed E-state index contributed by atoms with van der Waals surface area (Å²) in [6, 6.07) is 0.206. The molecule has 1 fully saturated rings. The molecule has 0 radical (unpaired) electrons. The topological polar surface area (TPSA) is 35.6 Å². The SMILES string of the molecule is CNCCCN(C)C(=O)N1CCCCCC1. The summed E-state index contributed by atoms with van der Waals surface area (Å²) in [4.78, 5) is 15.9. The fourth-order valence-electron chi connectivity index (χ4n) is 2.09. The Hall–Kier alpha value is -0.770. The monoisotopic (exact) mass is 227 g/mol. The Labute approximate surface area is 99.0 Å². The molecule has 1 rings (SSSR count). The van der Waals surface area contributed by atoms with Gasteiger partial charge in [-0.2, -0.15) is 0 Å². The normalized spacial score (nSPS) is 17.0. The van der Waals surface area contributed by atoms with E-state index < -0.39 is 0 Å². The maximum atomic E-state index is 12.1. The molecule has 0 aromatic carbocycles. The lowest BCUT2D eigenvalue weighted by molar-refractivity contribution is 0.164. The van der Waals surface area contributed by atoms with Crippen LogP contribution in [0.5, 0.6) is 0 Å². The first kappa shape index (κ1) is 13.3. The van der Waals surface area contributed by atoms with Crippen molar-refractivity contribution < 1.29 is 4.79 Å². The van der Waals surface area contributed by atoms with Crippen LogP contribution < -0.4 is 5.32 Å². The van der Waals surface area contributed by atoms with Gasteiger partial charge >= 0.3 is 6.03 Å². The summed E-state index contributed by atoms with van der Waals surface area (Å²) < 4.78 is 0. The fraction of sp³-hybridized carbons (Fsp3) is 0.917. The molecule has 1 aliphatic rings. The molecule has 1 heterocycles. The van der Waals surface area contributed by atoms with Crippen molar-refractivity contribution in [2.24, 2.45) is 0 Å². The predicted octanol–water partition coefficient (Wildman–Crippen LogP) is 1.52. The molecule has 0 aromatic heterocycles. The minimum Gasteiger partial charge on any atom is -0.328 e. The zero-order valence-corrected chi connectivity index (χ0v) is 10.7. The van der Waals surface area contributed by atoms with Crippen molar-refractivity contribution in [2.45, 2.75) is 32.1 Å². The van der Waals surface area contributed by atoms with Gasteiger partial charge in [0.25, 0.3) is 0 Å². The average Bonchev–Trinajstić information content (AvgIpc) is 2.56. The molecule has 4 nitrogen and oxygen atoms in total. The molecule has 0 aliphatic carbocycles. The van der Waals surface area contributed by atoms with E-state index in [2.05, 4.69) is 5.32 Å². The molecule has 0 atom stereocenters. The van der Waals surface area contributed by atoms with E-state index in [0.29, 0.717) is 0 Å². The quantitative estimate of drug-likeness (QED) is 0.739. The number of likely N-dealkylation sites (tertiary alicyclic amines) is 1. The number of carbonyl (C=O) groups excluding carboxylic acids is 1. The third-order valence-corrected chi connectivity index (χ3v) is 3.12. The van der Waals surface area contributed by atoms with E-state index in [1.54, 1.807) is 0 Å². The molecule has 0 spiro atoms. The van der Waals surface area contributed by atoms with Crippen molar-refractivity contribution >= 4 is 6.03 Å². The zero-order chi connectivity index (χ0) is 11.8. The molecule has 0 saturated carbocycles. The highest BCUT2D eigenvalue weighted by Gasteiger charge is 2.18. The molecule has 0 aromatic rings. The van der Waals surface area contributed by atoms with E-state index in [-0.39, 0.29) is 6.03 Å². The number of rotatable bonds is 4. The van der Waals surface area contributed by atoms with Gasteiger partial charge in [-0.25, -0.2) is 4.79 Å². The minimum absolute atomic E-state index is 0.206. The van der Waals surface area contributed by atoms with Gasteiger partial charge in [0, 0.05) is 26.7 Å². The lowest BCUT2D eigenvalue weighted by Crippen LogP contribution is -2.42. The van der Waals surface area contributed by atoms with E-state index in [9.17, 15) is 4.79 Å². The molecule has 4 heteroatoms. The molecule has 16 heavy (non-hydrogen) atoms. The first-order chi connectivity index (χ1) is 7.75. The van der Waals surface area contributed by atoms with Crippen LogP contribution in [0.15, 0.2) is 0 Å². The van der Waals surface area contributed by atoms with Gasteiger partial charge in [0.1, 0.15) is 0 Å². The van der Waals surface area contributed by atoms with Crippen LogP contribution in [-0.2, 0) is 0 Å². The number of carbonyl (C=O) groups is 1. The zero-order valence-electron chi connectivity index (χ0n) is 10.7. The Balaban J connectivity index is 2.30. The summed E-state index contributed by atoms with van der Waals surface area (Å²) in [6.45, 7) is 3.69. The standard InChI is InChI=1S/C12H25N3O/c1-13-8-7-9-14(2)12(16)15-10-5-3-4-6-11-15/h13H,3-11H2,1-2H3. The number of urea groups is 1. The summed E-state index contributed by atoms with van der Waals surface area (Å²) in [6.07, 6.45) is 5.89. The Morgan fingerprint density at radius 3 is 2.44 bits per heavy atom. The largest absolute Gasteiger partial charge is 0.328 e. The van der Waals surface area contributed by atoms with Crippen LogP contribution >= 0.6 is 0 Å². The maximum absolute atomic E-state index is 12.1. The highest BCUT2D eigenvalue weighted by atomic mass is 16.2. The maximum Gasteiger partial charge on any atom is 0.319 e. The Bertz CT molecular complexity index is 200. The van der Waals surface area contributed by atoms with Gasteiger partial charge in [-0.05, 0) is 32.9 Å². The summed E-state index contributed by atoms with van der Waals surface area (Å²) in [7, 11) is 3.85. The summed E-state index contributed by atoms with van der Waals surface area (Å²) in [5, 5.41) is 3.10. The van der Waals surface area contributed by atoms with Crippen molar-refractivity contribution in [3.8, 4) is 0 Å². The second kappa shape index (κ2) is 7.49. The third kappa shape index (κ3) is 4.39. The lowest BCUT2D eigenvalue weighted by Gasteiger charge is -2.27. The number of nitrogens with zero attached hydrogens (tertiary/aromatic N) is 2. The number of nitrogens with one attached hydrogen (secondary N) is 1. The van der Waals surface area contributed by atoms with Gasteiger partial charge in [-0.15, -0.1) is 0 Å². The van der Waals surface area contributed by atoms with E-state index >= 15 is 0 Å². The van der Waals surface area contributed by atoms with Crippen LogP contribution in [-0.4, -0.2) is 56.1 Å². The van der Waals surface area contributed by atoms with Crippen LogP contribution in [0.25, 0.3) is 0 Å². The lowest BCUT2D eigenvalue weighted by atomic mass is 10.2. The van der Waals surface area contributed by atoms with Crippen molar-refractivity contribution in [1.82, 2.24) is 15.1 Å². The summed E-state index contributed by atoms with van der Waals surface area (Å²) >= 11 is 0. The second-order valence-electron chi connectivity index (χ2n) is 4.56. The van der Waals surface area contributed by atoms with Gasteiger partial charge in [0.05, 0.1) is 0 Å². The van der Waals surface area contributed by atoms with Gasteiger partial charge < -0.3 is 15.1 Å². The van der Waals surface area contributed by atoms with Gasteiger partial charge in [-0.3, -0.25) is 0 Å². The highest BCUT2D eigenvalue weighted by molar-refractivity contribution is 5.74. The second-order valence-corrected chi connectivity index (χ2v) is 4.56. The van der Waals surface area contributed by atoms with Gasteiger partial charge in [0.15, 0.2) is 0 Å². The first-order valence-corrected chi connectivity index (χ1v) is 6.40. The highest BCUT2D eigenvalue weighted by Crippen LogP contribution is 2.11. The molecule has 0 bridgehead atoms. The Morgan fingerprint density at radius 2 is 1.88 bits per heavy atom. The van der Waals surface area contributed by atoms with E-state index in [4.69, 9.17) is 0 Å². The van der Waals surface area contributed by atoms with E-state index in [1.165, 1.54) is 12.8 Å². The first-order valence-electron chi connectivity index (χ1n) is 6.40. The van der Waals surface area contributed by atoms with Gasteiger partial charge in [0.2, 0.25) is 0 Å². The molecule has 1 N–H and O–H groups in total. The van der Waals surface area contributed by atoms with E-state index in [1.807, 2.05) is 23.9 Å². The van der Waals surface area contributed by atoms with Crippen molar-refractivity contribution in [1.29, 1.82) is 0 Å². The number of amides is 2. The van der Waals surface area contributed by atoms with Crippen LogP contribution in [0.2, 0.25) is 0 Å². The smallest absolute Gasteiger partial charge is 0.319 e. The average molecular weight is 227 g/mol. The summed E-state index contributed by atoms with van der Waals surface area (Å²) in [5.41, 5.74) is 0. The van der Waals surface area contributed by atoms with Crippen molar-refractivity contribution in [3.63, 3.8) is 0 Å². The van der Waals surface area contributed by atoms with E-state index in [0.717, 1.165) is 45.4 Å². The molecule has 94 valence electrons. The summed E-state index contributed by atoms with van der Waals surface area (Å²) in [5.74, 6) is 0. The Morgan fingerprint density at radius 1 is 1.25 bits per heavy atom. The number of hydrogen-bond donors (Lipinski definition) is 1. The predicted molar refractivity (Wildman–Crippen MR) is 66.6 cm³/mol. The van der Waals surface area contributed by atoms with Crippen LogP contribution in [0.3, 0.4) is 0 Å². The van der Waals surface area contributed by atoms with Crippen LogP contribution in [0.4, 0.5) is 4.79 Å². The molecule has 0 unspecified atom stereocenters. The molecular formula is C12H25N3O. The molecule has 2 amide bonds. The fourth-order valence-corrected chi connectivity index (χ4v) is 2.09. The molecule has 1 aliphatic heterocycles. The molecule has 1 saturated heterocycles. The van der Waals surface area contributed by atoms with Crippen molar-refractivity contribution in [2.75, 3.05) is 40.3 Å². The third-order valence-electron chi connectivity index (χ3n) is 3.12. The number of hydrogen-bond acceptors (Lipinski definition) is 2. The Kier molecular flexibility index (Phi) is 6.23. The van der Waals surface area contributed by atoms with Crippen LogP contribution in [0.1, 0.15) is 32.1 Å². The van der Waals surface area contributed by atoms with Crippen LogP contribution in [0, 0.1) is 0 Å². The van der Waals surface area contributed by atoms with Gasteiger partial charge in [-0.1, -0.05) is 12.8 Å².